The van der Waals surface area contributed by atoms with Gasteiger partial charge in [-0.25, -0.2) is 0 Å². The second kappa shape index (κ2) is 8.03. The van der Waals surface area contributed by atoms with Crippen molar-refractivity contribution in [2.24, 2.45) is 0 Å². The van der Waals surface area contributed by atoms with Gasteiger partial charge in [0.2, 0.25) is 0 Å². The highest BCUT2D eigenvalue weighted by molar-refractivity contribution is 9.09. The van der Waals surface area contributed by atoms with E-state index in [0.717, 1.165) is 24.7 Å². The van der Waals surface area contributed by atoms with E-state index in [-0.39, 0.29) is 5.91 Å². The summed E-state index contributed by atoms with van der Waals surface area (Å²) in [5.41, 5.74) is 0.401. The van der Waals surface area contributed by atoms with Crippen molar-refractivity contribution in [1.82, 2.24) is 4.90 Å². The van der Waals surface area contributed by atoms with Gasteiger partial charge in [-0.3, -0.25) is 4.79 Å². The zero-order valence-electron chi connectivity index (χ0n) is 10.3. The summed E-state index contributed by atoms with van der Waals surface area (Å²) in [6, 6.07) is 5.11. The molecule has 0 spiro atoms. The number of hydrogen-bond donors (Lipinski definition) is 0. The third kappa shape index (κ3) is 4.15. The lowest BCUT2D eigenvalue weighted by Gasteiger charge is -2.22. The van der Waals surface area contributed by atoms with Gasteiger partial charge in [0.15, 0.2) is 0 Å². The maximum Gasteiger partial charge on any atom is 0.256 e. The summed E-state index contributed by atoms with van der Waals surface area (Å²) >= 11 is 15.5. The van der Waals surface area contributed by atoms with Crippen LogP contribution in [-0.4, -0.2) is 29.2 Å². The lowest BCUT2D eigenvalue weighted by atomic mass is 10.2. The van der Waals surface area contributed by atoms with Crippen LogP contribution in [0.15, 0.2) is 18.2 Å². The number of halogens is 3. The highest BCUT2D eigenvalue weighted by Crippen LogP contribution is 2.25. The Kier molecular flexibility index (Phi) is 7.05. The Balaban J connectivity index is 2.94. The Morgan fingerprint density at radius 2 is 1.89 bits per heavy atom. The number of hydrogen-bond acceptors (Lipinski definition) is 1. The first-order valence-electron chi connectivity index (χ1n) is 5.91. The predicted molar refractivity (Wildman–Crippen MR) is 81.1 cm³/mol. The molecule has 18 heavy (non-hydrogen) atoms. The number of rotatable bonds is 6. The van der Waals surface area contributed by atoms with E-state index in [1.807, 2.05) is 0 Å². The molecule has 0 atom stereocenters. The molecule has 0 saturated carbocycles. The normalized spacial score (nSPS) is 10.4. The third-order valence-electron chi connectivity index (χ3n) is 2.60. The molecule has 0 aliphatic heterocycles. The van der Waals surface area contributed by atoms with Gasteiger partial charge in [-0.2, -0.15) is 0 Å². The minimum Gasteiger partial charge on any atom is -0.338 e. The summed E-state index contributed by atoms with van der Waals surface area (Å²) in [4.78, 5) is 14.2. The number of amides is 1. The summed E-state index contributed by atoms with van der Waals surface area (Å²) < 4.78 is 0. The van der Waals surface area contributed by atoms with E-state index in [4.69, 9.17) is 23.2 Å². The monoisotopic (exact) mass is 351 g/mol. The Morgan fingerprint density at radius 1 is 1.28 bits per heavy atom. The van der Waals surface area contributed by atoms with Crippen molar-refractivity contribution in [3.05, 3.63) is 33.8 Å². The molecule has 1 aromatic rings. The van der Waals surface area contributed by atoms with Crippen molar-refractivity contribution in [3.8, 4) is 0 Å². The second-order valence-electron chi connectivity index (χ2n) is 3.93. The molecule has 0 fully saturated rings. The maximum absolute atomic E-state index is 12.4. The topological polar surface area (TPSA) is 20.3 Å². The number of carbonyl (C=O) groups is 1. The van der Waals surface area contributed by atoms with Gasteiger partial charge in [0, 0.05) is 18.4 Å². The molecular formula is C13H16BrCl2NO. The third-order valence-corrected chi connectivity index (χ3v) is 3.58. The van der Waals surface area contributed by atoms with Gasteiger partial charge in [0.25, 0.3) is 5.91 Å². The molecule has 0 saturated heterocycles. The quantitative estimate of drug-likeness (QED) is 0.683. The first-order valence-corrected chi connectivity index (χ1v) is 7.78. The number of benzene rings is 1. The van der Waals surface area contributed by atoms with Gasteiger partial charge in [0.1, 0.15) is 0 Å². The fourth-order valence-corrected chi connectivity index (χ4v) is 2.61. The van der Waals surface area contributed by atoms with Gasteiger partial charge >= 0.3 is 0 Å². The van der Waals surface area contributed by atoms with Crippen LogP contribution < -0.4 is 0 Å². The van der Waals surface area contributed by atoms with Crippen LogP contribution in [0.2, 0.25) is 10.0 Å². The van der Waals surface area contributed by atoms with E-state index >= 15 is 0 Å². The number of unbranched alkanes of at least 4 members (excludes halogenated alkanes) is 1. The highest BCUT2D eigenvalue weighted by Gasteiger charge is 2.20. The lowest BCUT2D eigenvalue weighted by Crippen LogP contribution is -2.34. The Hall–Kier alpha value is -0.250. The van der Waals surface area contributed by atoms with Crippen LogP contribution in [0.4, 0.5) is 0 Å². The molecule has 1 rings (SSSR count). The average Bonchev–Trinajstić information content (AvgIpc) is 2.34. The zero-order valence-corrected chi connectivity index (χ0v) is 13.4. The molecule has 0 N–H and O–H groups in total. The van der Waals surface area contributed by atoms with Crippen LogP contribution in [0.1, 0.15) is 30.1 Å². The predicted octanol–water partition coefficient (Wildman–Crippen LogP) is 4.63. The van der Waals surface area contributed by atoms with Crippen LogP contribution >= 0.6 is 39.1 Å². The van der Waals surface area contributed by atoms with E-state index in [1.165, 1.54) is 0 Å². The minimum atomic E-state index is -0.0986. The Morgan fingerprint density at radius 3 is 2.39 bits per heavy atom. The summed E-state index contributed by atoms with van der Waals surface area (Å²) in [6.07, 6.45) is 2.02. The zero-order chi connectivity index (χ0) is 13.5. The standard InChI is InChI=1S/C13H16BrCl2NO/c1-2-3-8-17(9-7-14)13(18)12-10(15)5-4-6-11(12)16/h4-6H,2-3,7-9H2,1H3. The molecule has 100 valence electrons. The number of nitrogens with zero attached hydrogens (tertiary/aromatic N) is 1. The average molecular weight is 353 g/mol. The first kappa shape index (κ1) is 15.8. The summed E-state index contributed by atoms with van der Waals surface area (Å²) in [6.45, 7) is 3.47. The van der Waals surface area contributed by atoms with Gasteiger partial charge in [-0.1, -0.05) is 58.5 Å². The molecule has 5 heteroatoms. The van der Waals surface area contributed by atoms with Crippen molar-refractivity contribution in [1.29, 1.82) is 0 Å². The van der Waals surface area contributed by atoms with Gasteiger partial charge in [0.05, 0.1) is 15.6 Å². The molecule has 0 aliphatic rings. The van der Waals surface area contributed by atoms with Crippen molar-refractivity contribution in [3.63, 3.8) is 0 Å². The van der Waals surface area contributed by atoms with Crippen molar-refractivity contribution in [2.45, 2.75) is 19.8 Å². The van der Waals surface area contributed by atoms with E-state index in [0.29, 0.717) is 22.2 Å². The van der Waals surface area contributed by atoms with Crippen LogP contribution in [0.3, 0.4) is 0 Å². The van der Waals surface area contributed by atoms with Gasteiger partial charge in [-0.15, -0.1) is 0 Å². The smallest absolute Gasteiger partial charge is 0.256 e. The first-order chi connectivity index (χ1) is 8.61. The summed E-state index contributed by atoms with van der Waals surface area (Å²) in [5.74, 6) is -0.0986. The lowest BCUT2D eigenvalue weighted by molar-refractivity contribution is 0.0764. The van der Waals surface area contributed by atoms with Crippen LogP contribution in [0, 0.1) is 0 Å². The fourth-order valence-electron chi connectivity index (χ4n) is 1.63. The highest BCUT2D eigenvalue weighted by atomic mass is 79.9. The van der Waals surface area contributed by atoms with E-state index in [1.54, 1.807) is 23.1 Å². The Labute approximate surface area is 126 Å². The molecule has 0 aliphatic carbocycles. The summed E-state index contributed by atoms with van der Waals surface area (Å²) in [7, 11) is 0. The molecule has 0 radical (unpaired) electrons. The van der Waals surface area contributed by atoms with Crippen molar-refractivity contribution < 1.29 is 4.79 Å². The SMILES string of the molecule is CCCCN(CCBr)C(=O)c1c(Cl)cccc1Cl. The molecule has 2 nitrogen and oxygen atoms in total. The van der Waals surface area contributed by atoms with Crippen molar-refractivity contribution in [2.75, 3.05) is 18.4 Å². The van der Waals surface area contributed by atoms with E-state index in [9.17, 15) is 4.79 Å². The molecule has 1 aromatic carbocycles. The van der Waals surface area contributed by atoms with E-state index < -0.39 is 0 Å². The summed E-state index contributed by atoms with van der Waals surface area (Å²) in [5, 5.41) is 1.55. The number of alkyl halides is 1. The molecule has 0 bridgehead atoms. The minimum absolute atomic E-state index is 0.0986. The largest absolute Gasteiger partial charge is 0.338 e. The molecular weight excluding hydrogens is 337 g/mol. The molecule has 0 aromatic heterocycles. The molecule has 0 heterocycles. The fraction of sp³-hybridized carbons (Fsp3) is 0.462. The second-order valence-corrected chi connectivity index (χ2v) is 5.54. The number of carbonyl (C=O) groups excluding carboxylic acids is 1. The van der Waals surface area contributed by atoms with E-state index in [2.05, 4.69) is 22.9 Å². The van der Waals surface area contributed by atoms with Gasteiger partial charge < -0.3 is 4.90 Å². The molecule has 1 amide bonds. The van der Waals surface area contributed by atoms with Crippen LogP contribution in [0.5, 0.6) is 0 Å². The maximum atomic E-state index is 12.4. The van der Waals surface area contributed by atoms with Crippen LogP contribution in [-0.2, 0) is 0 Å². The molecule has 0 unspecified atom stereocenters. The Bertz CT molecular complexity index is 392. The van der Waals surface area contributed by atoms with Crippen molar-refractivity contribution >= 4 is 45.0 Å². The van der Waals surface area contributed by atoms with Crippen LogP contribution in [0.25, 0.3) is 0 Å². The van der Waals surface area contributed by atoms with Gasteiger partial charge in [-0.05, 0) is 18.6 Å².